The van der Waals surface area contributed by atoms with E-state index >= 15 is 0 Å². The molecule has 0 aliphatic carbocycles. The lowest BCUT2D eigenvalue weighted by Crippen LogP contribution is -2.22. The van der Waals surface area contributed by atoms with E-state index < -0.39 is 21.4 Å². The first-order chi connectivity index (χ1) is 12.0. The second-order valence-corrected chi connectivity index (χ2v) is 8.96. The molecule has 0 amide bonds. The molecule has 1 N–H and O–H groups in total. The number of benzene rings is 2. The van der Waals surface area contributed by atoms with Crippen LogP contribution in [0.2, 0.25) is 0 Å². The molecule has 0 spiro atoms. The molecule has 0 radical (unpaired) electrons. The highest BCUT2D eigenvalue weighted by Gasteiger charge is 2.41. The van der Waals surface area contributed by atoms with Crippen LogP contribution < -0.4 is 0 Å². The molecule has 0 saturated carbocycles. The number of esters is 1. The Kier molecular flexibility index (Phi) is 4.19. The van der Waals surface area contributed by atoms with Gasteiger partial charge in [0.1, 0.15) is 11.4 Å². The van der Waals surface area contributed by atoms with Gasteiger partial charge in [0.25, 0.3) is 0 Å². The van der Waals surface area contributed by atoms with Gasteiger partial charge in [0.05, 0.1) is 10.5 Å². The molecule has 3 rings (SSSR count). The molecular weight excluding hydrogens is 352 g/mol. The van der Waals surface area contributed by atoms with Gasteiger partial charge in [0, 0.05) is 11.8 Å². The van der Waals surface area contributed by atoms with E-state index in [2.05, 4.69) is 0 Å². The van der Waals surface area contributed by atoms with Crippen LogP contribution in [0.25, 0.3) is 11.1 Å². The number of phenols is 1. The maximum atomic E-state index is 12.6. The summed E-state index contributed by atoms with van der Waals surface area (Å²) in [5.74, 6) is -0.290. The highest BCUT2D eigenvalue weighted by molar-refractivity contribution is 7.90. The summed E-state index contributed by atoms with van der Waals surface area (Å²) in [6.07, 6.45) is 1.15. The maximum absolute atomic E-state index is 12.6. The van der Waals surface area contributed by atoms with Gasteiger partial charge in [-0.05, 0) is 61.7 Å². The van der Waals surface area contributed by atoms with Gasteiger partial charge < -0.3 is 9.84 Å². The number of carbonyl (C=O) groups excluding carboxylic acids is 1. The molecule has 0 atom stereocenters. The molecule has 0 bridgehead atoms. The molecule has 0 fully saturated rings. The monoisotopic (exact) mass is 372 g/mol. The van der Waals surface area contributed by atoms with Crippen LogP contribution in [0, 0.1) is 6.92 Å². The Hall–Kier alpha value is -2.60. The molecule has 2 aromatic carbocycles. The van der Waals surface area contributed by atoms with Crippen molar-refractivity contribution < 1.29 is 23.1 Å². The van der Waals surface area contributed by atoms with Gasteiger partial charge >= 0.3 is 5.97 Å². The summed E-state index contributed by atoms with van der Waals surface area (Å²) in [6.45, 7) is 5.35. The lowest BCUT2D eigenvalue weighted by molar-refractivity contribution is -0.141. The summed E-state index contributed by atoms with van der Waals surface area (Å²) in [6, 6.07) is 11.4. The number of ether oxygens (including phenoxy) is 1. The third-order valence-corrected chi connectivity index (χ3v) is 5.59. The fourth-order valence-corrected chi connectivity index (χ4v) is 3.80. The van der Waals surface area contributed by atoms with Crippen molar-refractivity contribution in [1.82, 2.24) is 0 Å². The van der Waals surface area contributed by atoms with E-state index in [0.717, 1.165) is 6.26 Å². The number of rotatable bonds is 3. The van der Waals surface area contributed by atoms with Crippen molar-refractivity contribution in [2.45, 2.75) is 31.3 Å². The number of phenolic OH excluding ortho intramolecular Hbond substituents is 1. The molecule has 0 aromatic heterocycles. The molecule has 136 valence electrons. The van der Waals surface area contributed by atoms with Crippen LogP contribution in [0.5, 0.6) is 5.75 Å². The Morgan fingerprint density at radius 1 is 1.00 bits per heavy atom. The average Bonchev–Trinajstić information content (AvgIpc) is 2.78. The third kappa shape index (κ3) is 3.12. The second kappa shape index (κ2) is 5.99. The topological polar surface area (TPSA) is 80.7 Å². The zero-order valence-corrected chi connectivity index (χ0v) is 15.8. The first-order valence-electron chi connectivity index (χ1n) is 8.09. The summed E-state index contributed by atoms with van der Waals surface area (Å²) < 4.78 is 28.9. The quantitative estimate of drug-likeness (QED) is 0.836. The Balaban J connectivity index is 2.23. The van der Waals surface area contributed by atoms with E-state index in [1.807, 2.05) is 0 Å². The molecule has 1 aliphatic rings. The summed E-state index contributed by atoms with van der Waals surface area (Å²) in [7, 11) is -3.30. The molecule has 0 unspecified atom stereocenters. The van der Waals surface area contributed by atoms with E-state index in [0.29, 0.717) is 27.8 Å². The summed E-state index contributed by atoms with van der Waals surface area (Å²) in [4.78, 5) is 12.8. The van der Waals surface area contributed by atoms with Gasteiger partial charge in [-0.15, -0.1) is 0 Å². The number of sulfone groups is 1. The largest absolute Gasteiger partial charge is 0.508 e. The SMILES string of the molecule is Cc1cc(C2=C(c3ccc(S(C)(=O)=O)cc3)C(C)(C)OC2=O)ccc1O. The minimum Gasteiger partial charge on any atom is -0.508 e. The van der Waals surface area contributed by atoms with Gasteiger partial charge in [-0.25, -0.2) is 13.2 Å². The first kappa shape index (κ1) is 18.2. The third-order valence-electron chi connectivity index (χ3n) is 4.46. The van der Waals surface area contributed by atoms with E-state index in [1.54, 1.807) is 51.1 Å². The molecule has 1 aliphatic heterocycles. The van der Waals surface area contributed by atoms with Crippen molar-refractivity contribution in [2.24, 2.45) is 0 Å². The Morgan fingerprint density at radius 3 is 2.12 bits per heavy atom. The zero-order chi connectivity index (χ0) is 19.3. The average molecular weight is 372 g/mol. The number of carbonyl (C=O) groups is 1. The minimum atomic E-state index is -3.30. The summed E-state index contributed by atoms with van der Waals surface area (Å²) >= 11 is 0. The van der Waals surface area contributed by atoms with Crippen LogP contribution in [-0.2, 0) is 19.4 Å². The Bertz CT molecular complexity index is 1030. The number of hydrogen-bond acceptors (Lipinski definition) is 5. The van der Waals surface area contributed by atoms with Crippen LogP contribution in [0.4, 0.5) is 0 Å². The summed E-state index contributed by atoms with van der Waals surface area (Å²) in [5, 5.41) is 9.76. The number of cyclic esters (lactones) is 1. The van der Waals surface area contributed by atoms with Gasteiger partial charge in [0.15, 0.2) is 9.84 Å². The predicted octanol–water partition coefficient (Wildman–Crippen LogP) is 3.35. The smallest absolute Gasteiger partial charge is 0.340 e. The maximum Gasteiger partial charge on any atom is 0.340 e. The van der Waals surface area contributed by atoms with Gasteiger partial charge in [-0.3, -0.25) is 0 Å². The first-order valence-corrected chi connectivity index (χ1v) is 9.98. The number of aryl methyl sites for hydroxylation is 1. The highest BCUT2D eigenvalue weighted by atomic mass is 32.2. The fourth-order valence-electron chi connectivity index (χ4n) is 3.17. The van der Waals surface area contributed by atoms with Crippen molar-refractivity contribution in [3.63, 3.8) is 0 Å². The van der Waals surface area contributed by atoms with E-state index in [-0.39, 0.29) is 10.6 Å². The molecule has 26 heavy (non-hydrogen) atoms. The van der Waals surface area contributed by atoms with Crippen LogP contribution >= 0.6 is 0 Å². The van der Waals surface area contributed by atoms with Crippen molar-refractivity contribution in [3.8, 4) is 5.75 Å². The van der Waals surface area contributed by atoms with E-state index in [9.17, 15) is 18.3 Å². The van der Waals surface area contributed by atoms with Crippen LogP contribution in [0.1, 0.15) is 30.5 Å². The summed E-state index contributed by atoms with van der Waals surface area (Å²) in [5.41, 5.74) is 2.27. The molecule has 2 aromatic rings. The number of hydrogen-bond donors (Lipinski definition) is 1. The predicted molar refractivity (Wildman–Crippen MR) is 99.4 cm³/mol. The molecule has 5 nitrogen and oxygen atoms in total. The van der Waals surface area contributed by atoms with E-state index in [1.165, 1.54) is 12.1 Å². The van der Waals surface area contributed by atoms with Crippen molar-refractivity contribution in [2.75, 3.05) is 6.26 Å². The zero-order valence-electron chi connectivity index (χ0n) is 15.0. The minimum absolute atomic E-state index is 0.152. The standard InChI is InChI=1S/C20H20O5S/c1-12-11-14(7-10-16(12)21)17-18(20(2,3)25-19(17)22)13-5-8-15(9-6-13)26(4,23)24/h5-11,21H,1-4H3. The normalized spacial score (nSPS) is 16.7. The lowest BCUT2D eigenvalue weighted by atomic mass is 9.86. The molecular formula is C20H20O5S. The van der Waals surface area contributed by atoms with Gasteiger partial charge in [-0.1, -0.05) is 18.2 Å². The second-order valence-electron chi connectivity index (χ2n) is 6.95. The van der Waals surface area contributed by atoms with Crippen LogP contribution in [-0.4, -0.2) is 31.4 Å². The molecule has 0 saturated heterocycles. The Labute approximate surface area is 152 Å². The van der Waals surface area contributed by atoms with Crippen molar-refractivity contribution >= 4 is 27.0 Å². The molecule has 6 heteroatoms. The lowest BCUT2D eigenvalue weighted by Gasteiger charge is -2.22. The van der Waals surface area contributed by atoms with Gasteiger partial charge in [0.2, 0.25) is 0 Å². The van der Waals surface area contributed by atoms with E-state index in [4.69, 9.17) is 4.74 Å². The van der Waals surface area contributed by atoms with Gasteiger partial charge in [-0.2, -0.15) is 0 Å². The fraction of sp³-hybridized carbons (Fsp3) is 0.250. The van der Waals surface area contributed by atoms with Crippen LogP contribution in [0.3, 0.4) is 0 Å². The van der Waals surface area contributed by atoms with Crippen molar-refractivity contribution in [1.29, 1.82) is 0 Å². The Morgan fingerprint density at radius 2 is 1.58 bits per heavy atom. The molecule has 1 heterocycles. The highest BCUT2D eigenvalue weighted by Crippen LogP contribution is 2.44. The van der Waals surface area contributed by atoms with Crippen molar-refractivity contribution in [3.05, 3.63) is 59.2 Å². The number of aromatic hydroxyl groups is 1. The van der Waals surface area contributed by atoms with Crippen LogP contribution in [0.15, 0.2) is 47.4 Å².